The number of rotatable bonds is 21. The van der Waals surface area contributed by atoms with E-state index in [0.717, 1.165) is 38.9 Å². The summed E-state index contributed by atoms with van der Waals surface area (Å²) in [5, 5.41) is 14.9. The van der Waals surface area contributed by atoms with Crippen LogP contribution in [-0.4, -0.2) is 69.6 Å². The summed E-state index contributed by atoms with van der Waals surface area (Å²) in [5.41, 5.74) is 8.39. The summed E-state index contributed by atoms with van der Waals surface area (Å²) in [6.07, 6.45) is 6.54. The molecule has 0 aliphatic rings. The van der Waals surface area contributed by atoms with Gasteiger partial charge in [-0.05, 0) is 161 Å². The molecule has 20 nitrogen and oxygen atoms in total. The number of amides is 3. The fourth-order valence-electron chi connectivity index (χ4n) is 9.94. The highest BCUT2D eigenvalue weighted by molar-refractivity contribution is 7.93. The number of nitrogens with zero attached hydrogens (tertiary/aromatic N) is 4. The minimum absolute atomic E-state index is 0.0327. The molecule has 0 unspecified atom stereocenters. The fraction of sp³-hybridized carbons (Fsp3) is 0.0556. The number of carbonyl (C=O) groups excluding carboxylic acids is 3. The zero-order valence-electron chi connectivity index (χ0n) is 52.7. The van der Waals surface area contributed by atoms with Gasteiger partial charge in [0.05, 0.1) is 39.3 Å². The summed E-state index contributed by atoms with van der Waals surface area (Å²) in [7, 11) is -9.53. The Morgan fingerprint density at radius 2 is 0.870 bits per heavy atom. The summed E-state index contributed by atoms with van der Waals surface area (Å²) in [5.74, 6) is -1.09. The molecule has 28 heteroatoms. The second kappa shape index (κ2) is 31.5. The third-order valence-corrected chi connectivity index (χ3v) is 21.6. The molecular formula is C72H58F2N10O10S6. The number of methoxy groups -OCH3 is 1. The Hall–Kier alpha value is -11.3. The van der Waals surface area contributed by atoms with Crippen molar-refractivity contribution in [2.75, 3.05) is 37.2 Å². The van der Waals surface area contributed by atoms with Crippen molar-refractivity contribution in [3.63, 3.8) is 0 Å². The Balaban J connectivity index is 0.000000152. The van der Waals surface area contributed by atoms with E-state index in [4.69, 9.17) is 4.74 Å². The van der Waals surface area contributed by atoms with Gasteiger partial charge in [-0.15, -0.1) is 34.0 Å². The monoisotopic (exact) mass is 1450 g/mol. The van der Waals surface area contributed by atoms with E-state index in [2.05, 4.69) is 45.1 Å². The molecule has 13 rings (SSSR count). The van der Waals surface area contributed by atoms with E-state index in [1.807, 2.05) is 60.7 Å². The van der Waals surface area contributed by atoms with Crippen molar-refractivity contribution in [3.05, 3.63) is 282 Å². The average molecular weight is 1450 g/mol. The average Bonchev–Trinajstić information content (AvgIpc) is 1.56. The van der Waals surface area contributed by atoms with Crippen molar-refractivity contribution in [1.29, 1.82) is 0 Å². The number of carbonyl (C=O) groups is 3. The third kappa shape index (κ3) is 17.9. The molecule has 4 aromatic heterocycles. The summed E-state index contributed by atoms with van der Waals surface area (Å²) in [6, 6.07) is 60.2. The molecule has 0 bridgehead atoms. The predicted octanol–water partition coefficient (Wildman–Crippen LogP) is 15.7. The Morgan fingerprint density at radius 1 is 0.470 bits per heavy atom. The van der Waals surface area contributed by atoms with Gasteiger partial charge in [0.15, 0.2) is 15.4 Å². The lowest BCUT2D eigenvalue weighted by Crippen LogP contribution is -2.23. The lowest BCUT2D eigenvalue weighted by molar-refractivity contribution is -0.118. The van der Waals surface area contributed by atoms with Crippen LogP contribution < -0.4 is 34.9 Å². The van der Waals surface area contributed by atoms with E-state index in [1.54, 1.807) is 150 Å². The SMILES string of the molecule is COc1cccc(CC(=O)Nc2ccc(-c3ccc(S(=O)(=O)Nc4nccs4)cc3)cc2)c1.C[C@@H](C(=O)Nc1ccc(-c2ccc(S(=O)(=O)Nc3nccs3)cc2)cc1)n1ccc2c(F)cccc21.O=C(Nc1ccc(-c2ccc(S(=O)(=O)Nc3nccs3)cc2)cc1)c1ccccc1F. The molecule has 506 valence electrons. The van der Waals surface area contributed by atoms with Gasteiger partial charge in [-0.1, -0.05) is 103 Å². The van der Waals surface area contributed by atoms with Crippen LogP contribution in [0.1, 0.15) is 28.9 Å². The standard InChI is InChI=1S/C26H21FN4O3S2.C24H21N3O4S2.C22H16FN3O3S2/c1-17(31-15-13-22-23(27)3-2-4-24(22)31)25(32)29-20-9-5-18(6-10-20)19-7-11-21(12-8-19)36(33,34)30-26-28-14-16-35-26;1-31-21-4-2-3-17(15-21)16-23(28)26-20-9-5-18(6-10-20)19-7-11-22(12-8-19)33(29,30)27-24-25-13-14-32-24;23-20-4-2-1-3-19(20)21(27)25-17-9-5-15(6-10-17)16-7-11-18(12-8-16)31(28,29)26-22-24-13-14-30-22/h2-17H,1H3,(H,28,30)(H,29,32);2-15H,16H2,1H3,(H,25,27)(H,26,28);1-14H,(H,24,26)(H,25,27)/t17-;;/m0../s1. The zero-order chi connectivity index (χ0) is 70.4. The topological polar surface area (TPSA) is 279 Å². The molecule has 1 atom stereocenters. The highest BCUT2D eigenvalue weighted by Crippen LogP contribution is 2.30. The van der Waals surface area contributed by atoms with Crippen molar-refractivity contribution < 1.29 is 53.2 Å². The molecule has 100 heavy (non-hydrogen) atoms. The molecule has 0 spiro atoms. The highest BCUT2D eigenvalue weighted by Gasteiger charge is 2.21. The Bertz CT molecular complexity index is 5330. The van der Waals surface area contributed by atoms with Gasteiger partial charge in [0.1, 0.15) is 23.4 Å². The van der Waals surface area contributed by atoms with Gasteiger partial charge in [0.2, 0.25) is 11.8 Å². The van der Waals surface area contributed by atoms with Crippen LogP contribution in [0.5, 0.6) is 5.75 Å². The number of aromatic nitrogens is 4. The first kappa shape index (κ1) is 70.1. The lowest BCUT2D eigenvalue weighted by atomic mass is 10.1. The minimum atomic E-state index is -3.72. The van der Waals surface area contributed by atoms with Crippen LogP contribution in [0.2, 0.25) is 0 Å². The van der Waals surface area contributed by atoms with Crippen molar-refractivity contribution in [2.24, 2.45) is 0 Å². The fourth-order valence-corrected chi connectivity index (χ4v) is 15.3. The maximum absolute atomic E-state index is 14.0. The van der Waals surface area contributed by atoms with Crippen molar-refractivity contribution in [3.8, 4) is 39.1 Å². The van der Waals surface area contributed by atoms with Gasteiger partial charge in [-0.3, -0.25) is 28.5 Å². The van der Waals surface area contributed by atoms with Crippen LogP contribution in [-0.2, 0) is 46.1 Å². The number of nitrogens with one attached hydrogen (secondary N) is 6. The Kier molecular flexibility index (Phi) is 22.1. The van der Waals surface area contributed by atoms with Gasteiger partial charge in [-0.25, -0.2) is 49.0 Å². The van der Waals surface area contributed by atoms with Gasteiger partial charge >= 0.3 is 0 Å². The molecule has 0 aliphatic heterocycles. The number of thiazole rings is 3. The molecule has 13 aromatic rings. The maximum atomic E-state index is 14.0. The van der Waals surface area contributed by atoms with E-state index < -0.39 is 47.8 Å². The smallest absolute Gasteiger partial charge is 0.263 e. The van der Waals surface area contributed by atoms with Crippen LogP contribution in [0.15, 0.2) is 274 Å². The number of hydrogen-bond acceptors (Lipinski definition) is 16. The van der Waals surface area contributed by atoms with Crippen molar-refractivity contribution in [2.45, 2.75) is 34.1 Å². The van der Waals surface area contributed by atoms with Crippen LogP contribution in [0.3, 0.4) is 0 Å². The lowest BCUT2D eigenvalue weighted by Gasteiger charge is -2.16. The zero-order valence-corrected chi connectivity index (χ0v) is 57.6. The molecule has 0 radical (unpaired) electrons. The van der Waals surface area contributed by atoms with Gasteiger partial charge in [-0.2, -0.15) is 0 Å². The molecule has 0 fully saturated rings. The molecule has 4 heterocycles. The number of sulfonamides is 3. The van der Waals surface area contributed by atoms with Crippen LogP contribution in [0, 0.1) is 11.6 Å². The molecule has 0 saturated heterocycles. The number of ether oxygens (including phenoxy) is 1. The van der Waals surface area contributed by atoms with Gasteiger partial charge in [0, 0.05) is 63.4 Å². The van der Waals surface area contributed by atoms with Crippen molar-refractivity contribution in [1.82, 2.24) is 19.5 Å². The molecular weight excluding hydrogens is 1400 g/mol. The number of hydrogen-bond donors (Lipinski definition) is 6. The quantitative estimate of drug-likeness (QED) is 0.0391. The number of halogens is 2. The largest absolute Gasteiger partial charge is 0.497 e. The first-order valence-corrected chi connectivity index (χ1v) is 37.2. The summed E-state index contributed by atoms with van der Waals surface area (Å²) >= 11 is 3.62. The van der Waals surface area contributed by atoms with Crippen LogP contribution >= 0.6 is 34.0 Å². The van der Waals surface area contributed by atoms with Gasteiger partial charge in [0.25, 0.3) is 36.0 Å². The highest BCUT2D eigenvalue weighted by atomic mass is 32.2. The second-order valence-electron chi connectivity index (χ2n) is 21.7. The molecule has 9 aromatic carbocycles. The predicted molar refractivity (Wildman–Crippen MR) is 389 cm³/mol. The van der Waals surface area contributed by atoms with E-state index in [0.29, 0.717) is 49.1 Å². The minimum Gasteiger partial charge on any atom is -0.497 e. The molecule has 0 saturated carbocycles. The first-order chi connectivity index (χ1) is 48.2. The van der Waals surface area contributed by atoms with Crippen molar-refractivity contribution >= 4 is 125 Å². The number of fused-ring (bicyclic) bond motifs is 1. The Morgan fingerprint density at radius 3 is 1.29 bits per heavy atom. The summed E-state index contributed by atoms with van der Waals surface area (Å²) < 4.78 is 117. The molecule has 6 N–H and O–H groups in total. The normalized spacial score (nSPS) is 11.6. The van der Waals surface area contributed by atoms with Crippen LogP contribution in [0.4, 0.5) is 41.2 Å². The second-order valence-corrected chi connectivity index (χ2v) is 29.4. The van der Waals surface area contributed by atoms with E-state index in [1.165, 1.54) is 101 Å². The summed E-state index contributed by atoms with van der Waals surface area (Å²) in [6.45, 7) is 1.76. The van der Waals surface area contributed by atoms with Gasteiger partial charge < -0.3 is 25.3 Å². The summed E-state index contributed by atoms with van der Waals surface area (Å²) in [4.78, 5) is 49.7. The van der Waals surface area contributed by atoms with E-state index in [-0.39, 0.29) is 44.3 Å². The Labute approximate surface area is 586 Å². The number of benzene rings is 9. The molecule has 3 amide bonds. The van der Waals surface area contributed by atoms with Crippen LogP contribution in [0.25, 0.3) is 44.3 Å². The molecule has 0 aliphatic carbocycles. The maximum Gasteiger partial charge on any atom is 0.263 e. The number of anilines is 6. The van der Waals surface area contributed by atoms with E-state index >= 15 is 0 Å². The third-order valence-electron chi connectivity index (χ3n) is 15.0. The first-order valence-electron chi connectivity index (χ1n) is 30.1. The van der Waals surface area contributed by atoms with E-state index in [9.17, 15) is 48.4 Å².